The molecule has 0 heterocycles. The standard InChI is InChI=1S/C5H5F3NO/c6-5(7,8)4(10)9-3-1-2-3/h1-2H2,(H,9,10). The Labute approximate surface area is 55.4 Å². The van der Waals surface area contributed by atoms with Crippen molar-refractivity contribution in [2.75, 3.05) is 0 Å². The average Bonchev–Trinajstić information content (AvgIpc) is 2.47. The van der Waals surface area contributed by atoms with Crippen LogP contribution in [0.4, 0.5) is 13.2 Å². The minimum absolute atomic E-state index is 0.474. The molecule has 5 heteroatoms. The molecule has 0 unspecified atom stereocenters. The summed E-state index contributed by atoms with van der Waals surface area (Å²) in [6.45, 7) is 0. The molecule has 0 aromatic rings. The Morgan fingerprint density at radius 3 is 2.20 bits per heavy atom. The Hall–Kier alpha value is -0.740. The van der Waals surface area contributed by atoms with Crippen molar-refractivity contribution in [1.82, 2.24) is 5.32 Å². The summed E-state index contributed by atoms with van der Waals surface area (Å²) in [5.74, 6) is -1.86. The fourth-order valence-electron chi connectivity index (χ4n) is 0.419. The number of halogens is 3. The first-order valence-corrected chi connectivity index (χ1v) is 2.73. The van der Waals surface area contributed by atoms with Gasteiger partial charge in [0.05, 0.1) is 6.04 Å². The van der Waals surface area contributed by atoms with Crippen molar-refractivity contribution in [1.29, 1.82) is 0 Å². The minimum atomic E-state index is -4.74. The third-order valence-corrected chi connectivity index (χ3v) is 1.05. The van der Waals surface area contributed by atoms with Gasteiger partial charge in [0.2, 0.25) is 0 Å². The fourth-order valence-corrected chi connectivity index (χ4v) is 0.419. The maximum atomic E-state index is 11.4. The quantitative estimate of drug-likeness (QED) is 0.596. The first kappa shape index (κ1) is 7.37. The Balaban J connectivity index is 2.32. The van der Waals surface area contributed by atoms with E-state index in [9.17, 15) is 18.0 Å². The van der Waals surface area contributed by atoms with Crippen LogP contribution in [0.2, 0.25) is 0 Å². The zero-order valence-corrected chi connectivity index (χ0v) is 4.96. The second-order valence-electron chi connectivity index (χ2n) is 2.06. The van der Waals surface area contributed by atoms with Gasteiger partial charge in [-0.3, -0.25) is 4.79 Å². The number of carbonyl (C=O) groups is 1. The monoisotopic (exact) mass is 152 g/mol. The summed E-state index contributed by atoms with van der Waals surface area (Å²) >= 11 is 0. The maximum Gasteiger partial charge on any atom is 0.471 e. The van der Waals surface area contributed by atoms with Crippen LogP contribution in [0.3, 0.4) is 0 Å². The molecule has 1 radical (unpaired) electrons. The van der Waals surface area contributed by atoms with Crippen LogP contribution in [0, 0.1) is 6.04 Å². The Kier molecular flexibility index (Phi) is 1.58. The van der Waals surface area contributed by atoms with E-state index in [0.29, 0.717) is 18.9 Å². The molecule has 1 aliphatic carbocycles. The molecule has 0 atom stereocenters. The lowest BCUT2D eigenvalue weighted by atomic mass is 10.5. The topological polar surface area (TPSA) is 29.1 Å². The Bertz CT molecular complexity index is 149. The Morgan fingerprint density at radius 2 is 1.90 bits per heavy atom. The van der Waals surface area contributed by atoms with E-state index >= 15 is 0 Å². The molecule has 0 aromatic carbocycles. The van der Waals surface area contributed by atoms with Gasteiger partial charge in [0, 0.05) is 0 Å². The van der Waals surface area contributed by atoms with Gasteiger partial charge >= 0.3 is 12.1 Å². The lowest BCUT2D eigenvalue weighted by Crippen LogP contribution is -2.35. The van der Waals surface area contributed by atoms with Gasteiger partial charge in [-0.2, -0.15) is 13.2 Å². The highest BCUT2D eigenvalue weighted by Gasteiger charge is 2.41. The van der Waals surface area contributed by atoms with E-state index in [-0.39, 0.29) is 0 Å². The molecule has 1 amide bonds. The minimum Gasteiger partial charge on any atom is -0.340 e. The van der Waals surface area contributed by atoms with Gasteiger partial charge < -0.3 is 5.32 Å². The maximum absolute atomic E-state index is 11.4. The third-order valence-electron chi connectivity index (χ3n) is 1.05. The summed E-state index contributed by atoms with van der Waals surface area (Å²) < 4.78 is 34.2. The van der Waals surface area contributed by atoms with Gasteiger partial charge in [-0.15, -0.1) is 0 Å². The van der Waals surface area contributed by atoms with Crippen LogP contribution >= 0.6 is 0 Å². The number of amides is 1. The molecule has 0 saturated heterocycles. The number of nitrogens with one attached hydrogen (secondary N) is 1. The van der Waals surface area contributed by atoms with Crippen molar-refractivity contribution in [3.63, 3.8) is 0 Å². The molecule has 0 aliphatic heterocycles. The lowest BCUT2D eigenvalue weighted by molar-refractivity contribution is -0.173. The molecule has 10 heavy (non-hydrogen) atoms. The van der Waals surface area contributed by atoms with Crippen molar-refractivity contribution >= 4 is 5.91 Å². The van der Waals surface area contributed by atoms with Crippen molar-refractivity contribution in [3.05, 3.63) is 6.04 Å². The fraction of sp³-hybridized carbons (Fsp3) is 0.600. The van der Waals surface area contributed by atoms with Crippen LogP contribution in [0.25, 0.3) is 0 Å². The molecule has 1 aliphatic rings. The van der Waals surface area contributed by atoms with Crippen molar-refractivity contribution < 1.29 is 18.0 Å². The lowest BCUT2D eigenvalue weighted by Gasteiger charge is -2.04. The number of alkyl halides is 3. The van der Waals surface area contributed by atoms with Crippen molar-refractivity contribution in [2.45, 2.75) is 19.0 Å². The predicted octanol–water partition coefficient (Wildman–Crippen LogP) is 0.991. The number of hydrogen-bond donors (Lipinski definition) is 1. The molecule has 1 saturated carbocycles. The second-order valence-corrected chi connectivity index (χ2v) is 2.06. The largest absolute Gasteiger partial charge is 0.471 e. The first-order valence-electron chi connectivity index (χ1n) is 2.73. The average molecular weight is 152 g/mol. The summed E-state index contributed by atoms with van der Waals surface area (Å²) in [6, 6.07) is 0.474. The van der Waals surface area contributed by atoms with Gasteiger partial charge in [-0.05, 0) is 12.8 Å². The van der Waals surface area contributed by atoms with Crippen molar-refractivity contribution in [2.24, 2.45) is 0 Å². The van der Waals surface area contributed by atoms with E-state index in [2.05, 4.69) is 0 Å². The Morgan fingerprint density at radius 1 is 1.40 bits per heavy atom. The summed E-state index contributed by atoms with van der Waals surface area (Å²) in [5, 5.41) is 1.75. The molecule has 1 fully saturated rings. The first-order chi connectivity index (χ1) is 4.50. The summed E-state index contributed by atoms with van der Waals surface area (Å²) in [4.78, 5) is 10.1. The van der Waals surface area contributed by atoms with Crippen LogP contribution in [0.15, 0.2) is 0 Å². The molecular formula is C5H5F3NO. The highest BCUT2D eigenvalue weighted by atomic mass is 19.4. The number of carbonyl (C=O) groups excluding carboxylic acids is 1. The van der Waals surface area contributed by atoms with Gasteiger partial charge in [-0.25, -0.2) is 0 Å². The zero-order valence-electron chi connectivity index (χ0n) is 4.96. The normalized spacial score (nSPS) is 18.7. The molecule has 2 nitrogen and oxygen atoms in total. The summed E-state index contributed by atoms with van der Waals surface area (Å²) in [7, 11) is 0. The highest BCUT2D eigenvalue weighted by molar-refractivity contribution is 5.83. The van der Waals surface area contributed by atoms with E-state index in [0.717, 1.165) is 0 Å². The van der Waals surface area contributed by atoms with E-state index in [4.69, 9.17) is 0 Å². The highest BCUT2D eigenvalue weighted by Crippen LogP contribution is 2.29. The molecule has 1 N–H and O–H groups in total. The number of hydrogen-bond acceptors (Lipinski definition) is 1. The SMILES string of the molecule is O=C(N[C]1CC1)C(F)(F)F. The summed E-state index contributed by atoms with van der Waals surface area (Å²) in [5.41, 5.74) is 0. The van der Waals surface area contributed by atoms with Crippen LogP contribution in [-0.2, 0) is 4.79 Å². The third kappa shape index (κ3) is 1.89. The summed E-state index contributed by atoms with van der Waals surface area (Å²) in [6.07, 6.45) is -3.57. The van der Waals surface area contributed by atoms with Crippen LogP contribution in [0.5, 0.6) is 0 Å². The molecule has 0 bridgehead atoms. The molecule has 0 aromatic heterocycles. The molecule has 57 valence electrons. The number of rotatable bonds is 1. The predicted molar refractivity (Wildman–Crippen MR) is 26.7 cm³/mol. The zero-order chi connectivity index (χ0) is 7.78. The van der Waals surface area contributed by atoms with E-state index in [1.54, 1.807) is 5.32 Å². The molecule has 0 spiro atoms. The van der Waals surface area contributed by atoms with Crippen LogP contribution in [0.1, 0.15) is 12.8 Å². The van der Waals surface area contributed by atoms with Gasteiger partial charge in [0.25, 0.3) is 0 Å². The van der Waals surface area contributed by atoms with Crippen molar-refractivity contribution in [3.8, 4) is 0 Å². The van der Waals surface area contributed by atoms with Gasteiger partial charge in [-0.1, -0.05) is 0 Å². The van der Waals surface area contributed by atoms with Gasteiger partial charge in [0.1, 0.15) is 0 Å². The van der Waals surface area contributed by atoms with Crippen LogP contribution in [-0.4, -0.2) is 12.1 Å². The molecule has 1 rings (SSSR count). The van der Waals surface area contributed by atoms with E-state index < -0.39 is 12.1 Å². The van der Waals surface area contributed by atoms with Crippen LogP contribution < -0.4 is 5.32 Å². The van der Waals surface area contributed by atoms with E-state index in [1.807, 2.05) is 0 Å². The smallest absolute Gasteiger partial charge is 0.340 e. The van der Waals surface area contributed by atoms with Gasteiger partial charge in [0.15, 0.2) is 0 Å². The molecular weight excluding hydrogens is 147 g/mol. The van der Waals surface area contributed by atoms with E-state index in [1.165, 1.54) is 0 Å². The second kappa shape index (κ2) is 2.14.